The van der Waals surface area contributed by atoms with Crippen LogP contribution in [0.5, 0.6) is 0 Å². The third kappa shape index (κ3) is 2.05. The van der Waals surface area contributed by atoms with Crippen LogP contribution in [-0.2, 0) is 5.88 Å². The Morgan fingerprint density at radius 1 is 1.21 bits per heavy atom. The standard InChI is InChI=1S/C9H15ClN4/c10-7-9-11-12-13-14(9)8-5-3-1-2-4-6-8/h8H,1-7H2. The zero-order valence-electron chi connectivity index (χ0n) is 8.19. The zero-order valence-corrected chi connectivity index (χ0v) is 8.95. The number of halogens is 1. The minimum absolute atomic E-state index is 0.406. The molecule has 4 nitrogen and oxygen atoms in total. The molecule has 5 heteroatoms. The molecule has 0 atom stereocenters. The highest BCUT2D eigenvalue weighted by atomic mass is 35.5. The number of hydrogen-bond donors (Lipinski definition) is 0. The maximum atomic E-state index is 5.77. The van der Waals surface area contributed by atoms with Gasteiger partial charge < -0.3 is 0 Å². The first-order valence-electron chi connectivity index (χ1n) is 5.24. The van der Waals surface area contributed by atoms with E-state index in [2.05, 4.69) is 15.5 Å². The van der Waals surface area contributed by atoms with Gasteiger partial charge in [-0.05, 0) is 23.3 Å². The van der Waals surface area contributed by atoms with Crippen LogP contribution in [0, 0.1) is 0 Å². The van der Waals surface area contributed by atoms with Gasteiger partial charge in [0.2, 0.25) is 0 Å². The number of rotatable bonds is 2. The lowest BCUT2D eigenvalue weighted by atomic mass is 10.1. The Hall–Kier alpha value is -0.640. The van der Waals surface area contributed by atoms with Gasteiger partial charge in [-0.2, -0.15) is 0 Å². The van der Waals surface area contributed by atoms with E-state index >= 15 is 0 Å². The molecule has 1 aliphatic carbocycles. The van der Waals surface area contributed by atoms with Gasteiger partial charge >= 0.3 is 0 Å². The van der Waals surface area contributed by atoms with E-state index in [4.69, 9.17) is 11.6 Å². The van der Waals surface area contributed by atoms with Crippen LogP contribution in [-0.4, -0.2) is 20.2 Å². The lowest BCUT2D eigenvalue weighted by Crippen LogP contribution is -2.12. The molecule has 78 valence electrons. The van der Waals surface area contributed by atoms with Gasteiger partial charge in [-0.3, -0.25) is 0 Å². The minimum atomic E-state index is 0.406. The Morgan fingerprint density at radius 3 is 2.57 bits per heavy atom. The summed E-state index contributed by atoms with van der Waals surface area (Å²) >= 11 is 5.77. The molecule has 1 heterocycles. The monoisotopic (exact) mass is 214 g/mol. The summed E-state index contributed by atoms with van der Waals surface area (Å²) in [5, 5.41) is 11.6. The molecule has 1 fully saturated rings. The average molecular weight is 215 g/mol. The fourth-order valence-electron chi connectivity index (χ4n) is 2.09. The molecule has 0 N–H and O–H groups in total. The van der Waals surface area contributed by atoms with Crippen molar-refractivity contribution in [3.8, 4) is 0 Å². The Kier molecular flexibility index (Phi) is 3.35. The predicted molar refractivity (Wildman–Crippen MR) is 54.1 cm³/mol. The molecule has 0 radical (unpaired) electrons. The van der Waals surface area contributed by atoms with Gasteiger partial charge in [0, 0.05) is 0 Å². The van der Waals surface area contributed by atoms with E-state index in [9.17, 15) is 0 Å². The Balaban J connectivity index is 2.11. The SMILES string of the molecule is ClCc1nnnn1C1CCCCCC1. The fourth-order valence-corrected chi connectivity index (χ4v) is 2.26. The van der Waals surface area contributed by atoms with Crippen LogP contribution in [0.2, 0.25) is 0 Å². The molecule has 0 spiro atoms. The van der Waals surface area contributed by atoms with Crippen molar-refractivity contribution in [1.82, 2.24) is 20.2 Å². The maximum absolute atomic E-state index is 5.77. The van der Waals surface area contributed by atoms with E-state index in [-0.39, 0.29) is 0 Å². The van der Waals surface area contributed by atoms with Gasteiger partial charge in [-0.1, -0.05) is 25.7 Å². The summed E-state index contributed by atoms with van der Waals surface area (Å²) in [6, 6.07) is 0.473. The fraction of sp³-hybridized carbons (Fsp3) is 0.889. The summed E-state index contributed by atoms with van der Waals surface area (Å²) in [5.74, 6) is 1.21. The lowest BCUT2D eigenvalue weighted by molar-refractivity contribution is 0.388. The van der Waals surface area contributed by atoms with Crippen molar-refractivity contribution in [1.29, 1.82) is 0 Å². The van der Waals surface area contributed by atoms with E-state index in [1.807, 2.05) is 4.68 Å². The van der Waals surface area contributed by atoms with Crippen molar-refractivity contribution in [3.63, 3.8) is 0 Å². The molecule has 0 amide bonds. The third-order valence-corrected chi connectivity index (χ3v) is 3.09. The Morgan fingerprint density at radius 2 is 1.93 bits per heavy atom. The molecule has 2 rings (SSSR count). The predicted octanol–water partition coefficient (Wildman–Crippen LogP) is 2.31. The molecule has 0 saturated heterocycles. The van der Waals surface area contributed by atoms with Gasteiger partial charge in [-0.15, -0.1) is 16.7 Å². The molecule has 1 aromatic rings. The summed E-state index contributed by atoms with van der Waals surface area (Å²) in [5.41, 5.74) is 0. The summed E-state index contributed by atoms with van der Waals surface area (Å²) in [4.78, 5) is 0. The smallest absolute Gasteiger partial charge is 0.166 e. The molecule has 14 heavy (non-hydrogen) atoms. The number of hydrogen-bond acceptors (Lipinski definition) is 3. The van der Waals surface area contributed by atoms with Crippen LogP contribution >= 0.6 is 11.6 Å². The van der Waals surface area contributed by atoms with Gasteiger partial charge in [0.15, 0.2) is 5.82 Å². The number of tetrazole rings is 1. The highest BCUT2D eigenvalue weighted by Gasteiger charge is 2.18. The van der Waals surface area contributed by atoms with Crippen LogP contribution in [0.4, 0.5) is 0 Å². The minimum Gasteiger partial charge on any atom is -0.225 e. The van der Waals surface area contributed by atoms with Crippen molar-refractivity contribution in [2.75, 3.05) is 0 Å². The second kappa shape index (κ2) is 4.73. The normalized spacial score (nSPS) is 19.5. The average Bonchev–Trinajstić information content (AvgIpc) is 2.52. The summed E-state index contributed by atoms with van der Waals surface area (Å²) in [7, 11) is 0. The largest absolute Gasteiger partial charge is 0.225 e. The van der Waals surface area contributed by atoms with Crippen LogP contribution in [0.3, 0.4) is 0 Å². The van der Waals surface area contributed by atoms with Crippen molar-refractivity contribution in [2.45, 2.75) is 50.4 Å². The van der Waals surface area contributed by atoms with E-state index < -0.39 is 0 Å². The number of alkyl halides is 1. The number of aromatic nitrogens is 4. The molecular weight excluding hydrogens is 200 g/mol. The Bertz CT molecular complexity index is 278. The molecule has 0 unspecified atom stereocenters. The van der Waals surface area contributed by atoms with Crippen LogP contribution in [0.1, 0.15) is 50.4 Å². The highest BCUT2D eigenvalue weighted by Crippen LogP contribution is 2.26. The van der Waals surface area contributed by atoms with Crippen LogP contribution in [0.15, 0.2) is 0 Å². The van der Waals surface area contributed by atoms with Gasteiger partial charge in [0.25, 0.3) is 0 Å². The molecule has 0 aliphatic heterocycles. The second-order valence-corrected chi connectivity index (χ2v) is 4.09. The summed E-state index contributed by atoms with van der Waals surface area (Å²) in [6.45, 7) is 0. The first-order chi connectivity index (χ1) is 6.92. The van der Waals surface area contributed by atoms with Crippen molar-refractivity contribution in [3.05, 3.63) is 5.82 Å². The topological polar surface area (TPSA) is 43.6 Å². The van der Waals surface area contributed by atoms with Crippen molar-refractivity contribution in [2.24, 2.45) is 0 Å². The van der Waals surface area contributed by atoms with E-state index in [0.717, 1.165) is 5.82 Å². The van der Waals surface area contributed by atoms with Crippen LogP contribution < -0.4 is 0 Å². The van der Waals surface area contributed by atoms with Crippen molar-refractivity contribution >= 4 is 11.6 Å². The third-order valence-electron chi connectivity index (χ3n) is 2.85. The summed E-state index contributed by atoms with van der Waals surface area (Å²) in [6.07, 6.45) is 7.63. The first kappa shape index (κ1) is 9.90. The molecule has 1 aliphatic rings. The van der Waals surface area contributed by atoms with E-state index in [0.29, 0.717) is 11.9 Å². The van der Waals surface area contributed by atoms with E-state index in [1.54, 1.807) is 0 Å². The van der Waals surface area contributed by atoms with Gasteiger partial charge in [0.1, 0.15) is 0 Å². The first-order valence-corrected chi connectivity index (χ1v) is 5.78. The zero-order chi connectivity index (χ0) is 9.80. The summed E-state index contributed by atoms with van der Waals surface area (Å²) < 4.78 is 1.92. The molecule has 1 saturated carbocycles. The second-order valence-electron chi connectivity index (χ2n) is 3.82. The molecular formula is C9H15ClN4. The molecule has 0 bridgehead atoms. The van der Waals surface area contributed by atoms with Crippen molar-refractivity contribution < 1.29 is 0 Å². The van der Waals surface area contributed by atoms with Crippen LogP contribution in [0.25, 0.3) is 0 Å². The van der Waals surface area contributed by atoms with E-state index in [1.165, 1.54) is 38.5 Å². The number of nitrogens with zero attached hydrogens (tertiary/aromatic N) is 4. The molecule has 0 aromatic carbocycles. The quantitative estimate of drug-likeness (QED) is 0.561. The molecule has 1 aromatic heterocycles. The Labute approximate surface area is 88.6 Å². The lowest BCUT2D eigenvalue weighted by Gasteiger charge is -2.14. The highest BCUT2D eigenvalue weighted by molar-refractivity contribution is 6.16. The maximum Gasteiger partial charge on any atom is 0.166 e. The van der Waals surface area contributed by atoms with Gasteiger partial charge in [-0.25, -0.2) is 4.68 Å². The van der Waals surface area contributed by atoms with Gasteiger partial charge in [0.05, 0.1) is 11.9 Å².